The van der Waals surface area contributed by atoms with Gasteiger partial charge >= 0.3 is 0 Å². The van der Waals surface area contributed by atoms with Gasteiger partial charge in [-0.2, -0.15) is 9.61 Å². The summed E-state index contributed by atoms with van der Waals surface area (Å²) in [6.45, 7) is -0.194. The molecule has 0 radical (unpaired) electrons. The Morgan fingerprint density at radius 1 is 1.10 bits per heavy atom. The number of aliphatic hydroxyl groups is 1. The normalized spacial score (nSPS) is 11.7. The van der Waals surface area contributed by atoms with Gasteiger partial charge in [-0.05, 0) is 29.8 Å². The first-order chi connectivity index (χ1) is 14.3. The largest absolute Gasteiger partial charge is 0.391 e. The summed E-state index contributed by atoms with van der Waals surface area (Å²) in [6.07, 6.45) is 3.08. The molecular formula is C19H15Cl2N5O3S. The second-order valence-corrected chi connectivity index (χ2v) is 8.79. The SMILES string of the molecule is Nc1c(-c2ccc(NS(=O)(=O)c3cccc(Cl)c3Cl)cc2)cnc2c(CO)cnn12. The minimum atomic E-state index is -3.92. The molecule has 0 spiro atoms. The highest BCUT2D eigenvalue weighted by Crippen LogP contribution is 2.31. The van der Waals surface area contributed by atoms with Crippen molar-refractivity contribution in [1.82, 2.24) is 14.6 Å². The zero-order chi connectivity index (χ0) is 21.5. The first-order valence-electron chi connectivity index (χ1n) is 8.61. The van der Waals surface area contributed by atoms with E-state index in [1.807, 2.05) is 0 Å². The molecule has 0 aliphatic carbocycles. The number of rotatable bonds is 5. The Kier molecular flexibility index (Phi) is 5.29. The third-order valence-electron chi connectivity index (χ3n) is 4.46. The number of anilines is 2. The van der Waals surface area contributed by atoms with Gasteiger partial charge in [0.25, 0.3) is 10.0 Å². The van der Waals surface area contributed by atoms with Crippen LogP contribution >= 0.6 is 23.2 Å². The molecule has 0 atom stereocenters. The maximum Gasteiger partial charge on any atom is 0.263 e. The number of benzene rings is 2. The molecule has 0 saturated carbocycles. The number of sulfonamides is 1. The van der Waals surface area contributed by atoms with Crippen LogP contribution in [0.4, 0.5) is 11.5 Å². The Bertz CT molecular complexity index is 1350. The molecule has 0 unspecified atom stereocenters. The van der Waals surface area contributed by atoms with E-state index in [9.17, 15) is 13.5 Å². The number of nitrogens with two attached hydrogens (primary N) is 1. The fourth-order valence-corrected chi connectivity index (χ4v) is 4.77. The second kappa shape index (κ2) is 7.77. The van der Waals surface area contributed by atoms with Gasteiger partial charge in [0.15, 0.2) is 5.65 Å². The van der Waals surface area contributed by atoms with E-state index in [4.69, 9.17) is 28.9 Å². The fourth-order valence-electron chi connectivity index (χ4n) is 2.95. The number of halogens is 2. The Balaban J connectivity index is 1.64. The maximum absolute atomic E-state index is 12.6. The van der Waals surface area contributed by atoms with E-state index in [0.717, 1.165) is 0 Å². The topological polar surface area (TPSA) is 123 Å². The van der Waals surface area contributed by atoms with Crippen molar-refractivity contribution in [2.45, 2.75) is 11.5 Å². The van der Waals surface area contributed by atoms with Crippen LogP contribution < -0.4 is 10.5 Å². The van der Waals surface area contributed by atoms with Crippen LogP contribution in [0.15, 0.2) is 59.8 Å². The second-order valence-electron chi connectivity index (χ2n) is 6.36. The molecule has 4 N–H and O–H groups in total. The van der Waals surface area contributed by atoms with E-state index in [1.54, 1.807) is 30.5 Å². The van der Waals surface area contributed by atoms with Gasteiger partial charge in [-0.3, -0.25) is 4.72 Å². The highest BCUT2D eigenvalue weighted by Gasteiger charge is 2.20. The minimum absolute atomic E-state index is 0.0445. The Hall–Kier alpha value is -2.85. The number of aromatic nitrogens is 3. The molecule has 30 heavy (non-hydrogen) atoms. The predicted octanol–water partition coefficient (Wildman–Crippen LogP) is 3.58. The standard InChI is InChI=1S/C19H15Cl2N5O3S/c20-15-2-1-3-16(17(15)21)30(28,29)25-13-6-4-11(5-7-13)14-9-23-19-12(10-27)8-24-26(19)18(14)22/h1-9,25,27H,10,22H2. The van der Waals surface area contributed by atoms with Gasteiger partial charge in [0.05, 0.1) is 22.8 Å². The molecule has 11 heteroatoms. The number of hydrogen-bond acceptors (Lipinski definition) is 6. The third-order valence-corrected chi connectivity index (χ3v) is 6.82. The van der Waals surface area contributed by atoms with Crippen molar-refractivity contribution in [3.05, 3.63) is 70.5 Å². The Labute approximate surface area is 181 Å². The maximum atomic E-state index is 12.6. The lowest BCUT2D eigenvalue weighted by molar-refractivity contribution is 0.283. The Morgan fingerprint density at radius 3 is 2.53 bits per heavy atom. The van der Waals surface area contributed by atoms with E-state index in [-0.39, 0.29) is 21.5 Å². The summed E-state index contributed by atoms with van der Waals surface area (Å²) < 4.78 is 29.2. The monoisotopic (exact) mass is 463 g/mol. The third kappa shape index (κ3) is 3.56. The molecule has 0 amide bonds. The molecule has 2 aromatic carbocycles. The van der Waals surface area contributed by atoms with Gasteiger partial charge in [-0.1, -0.05) is 41.4 Å². The molecule has 0 bridgehead atoms. The molecule has 2 heterocycles. The van der Waals surface area contributed by atoms with Crippen molar-refractivity contribution in [1.29, 1.82) is 0 Å². The van der Waals surface area contributed by atoms with Crippen molar-refractivity contribution in [2.75, 3.05) is 10.5 Å². The Morgan fingerprint density at radius 2 is 1.83 bits per heavy atom. The smallest absolute Gasteiger partial charge is 0.263 e. The molecular weight excluding hydrogens is 449 g/mol. The van der Waals surface area contributed by atoms with E-state index in [2.05, 4.69) is 14.8 Å². The minimum Gasteiger partial charge on any atom is -0.391 e. The summed E-state index contributed by atoms with van der Waals surface area (Å²) in [5.41, 5.74) is 8.91. The molecule has 154 valence electrons. The average molecular weight is 464 g/mol. The van der Waals surface area contributed by atoms with Crippen molar-refractivity contribution in [3.8, 4) is 11.1 Å². The summed E-state index contributed by atoms with van der Waals surface area (Å²) in [7, 11) is -3.92. The first kappa shape index (κ1) is 20.4. The van der Waals surface area contributed by atoms with Crippen LogP contribution in [0.25, 0.3) is 16.8 Å². The van der Waals surface area contributed by atoms with E-state index < -0.39 is 10.0 Å². The van der Waals surface area contributed by atoms with E-state index in [0.29, 0.717) is 33.8 Å². The molecule has 0 aliphatic heterocycles. The highest BCUT2D eigenvalue weighted by molar-refractivity contribution is 7.92. The summed E-state index contributed by atoms with van der Waals surface area (Å²) in [5, 5.41) is 13.6. The van der Waals surface area contributed by atoms with Crippen LogP contribution in [0.3, 0.4) is 0 Å². The number of nitrogens with zero attached hydrogens (tertiary/aromatic N) is 3. The number of nitrogens with one attached hydrogen (secondary N) is 1. The summed E-state index contributed by atoms with van der Waals surface area (Å²) in [5.74, 6) is 0.346. The molecule has 4 aromatic rings. The van der Waals surface area contributed by atoms with Crippen molar-refractivity contribution >= 4 is 50.4 Å². The predicted molar refractivity (Wildman–Crippen MR) is 116 cm³/mol. The molecule has 0 aliphatic rings. The van der Waals surface area contributed by atoms with Gasteiger partial charge in [0.1, 0.15) is 10.7 Å². The fraction of sp³-hybridized carbons (Fsp3) is 0.0526. The quantitative estimate of drug-likeness (QED) is 0.415. The average Bonchev–Trinajstić information content (AvgIpc) is 3.15. The van der Waals surface area contributed by atoms with Crippen molar-refractivity contribution < 1.29 is 13.5 Å². The summed E-state index contributed by atoms with van der Waals surface area (Å²) >= 11 is 11.9. The van der Waals surface area contributed by atoms with Gasteiger partial charge in [-0.25, -0.2) is 13.4 Å². The zero-order valence-electron chi connectivity index (χ0n) is 15.3. The van der Waals surface area contributed by atoms with Crippen LogP contribution in [0.2, 0.25) is 10.0 Å². The van der Waals surface area contributed by atoms with E-state index in [1.165, 1.54) is 28.9 Å². The van der Waals surface area contributed by atoms with E-state index >= 15 is 0 Å². The molecule has 0 fully saturated rings. The van der Waals surface area contributed by atoms with Gasteiger partial charge < -0.3 is 10.8 Å². The number of fused-ring (bicyclic) bond motifs is 1. The summed E-state index contributed by atoms with van der Waals surface area (Å²) in [4.78, 5) is 4.20. The zero-order valence-corrected chi connectivity index (χ0v) is 17.6. The lowest BCUT2D eigenvalue weighted by Gasteiger charge is -2.11. The first-order valence-corrected chi connectivity index (χ1v) is 10.8. The van der Waals surface area contributed by atoms with Gasteiger partial charge in [0, 0.05) is 23.0 Å². The van der Waals surface area contributed by atoms with Crippen molar-refractivity contribution in [3.63, 3.8) is 0 Å². The lowest BCUT2D eigenvalue weighted by atomic mass is 10.1. The summed E-state index contributed by atoms with van der Waals surface area (Å²) in [6, 6.07) is 11.0. The van der Waals surface area contributed by atoms with Crippen LogP contribution in [-0.2, 0) is 16.6 Å². The van der Waals surface area contributed by atoms with Crippen LogP contribution in [-0.4, -0.2) is 28.1 Å². The number of nitrogen functional groups attached to an aromatic ring is 1. The van der Waals surface area contributed by atoms with Crippen LogP contribution in [0.1, 0.15) is 5.56 Å². The highest BCUT2D eigenvalue weighted by atomic mass is 35.5. The molecule has 8 nitrogen and oxygen atoms in total. The van der Waals surface area contributed by atoms with Crippen LogP contribution in [0.5, 0.6) is 0 Å². The number of aliphatic hydroxyl groups excluding tert-OH is 1. The van der Waals surface area contributed by atoms with Crippen LogP contribution in [0, 0.1) is 0 Å². The van der Waals surface area contributed by atoms with Gasteiger partial charge in [0.2, 0.25) is 0 Å². The lowest BCUT2D eigenvalue weighted by Crippen LogP contribution is -2.13. The molecule has 4 rings (SSSR count). The molecule has 0 saturated heterocycles. The number of hydrogen-bond donors (Lipinski definition) is 3. The molecule has 2 aromatic heterocycles. The van der Waals surface area contributed by atoms with Crippen molar-refractivity contribution in [2.24, 2.45) is 0 Å². The van der Waals surface area contributed by atoms with Gasteiger partial charge in [-0.15, -0.1) is 0 Å².